The molecule has 3 heterocycles. The Bertz CT molecular complexity index is 1200. The van der Waals surface area contributed by atoms with Crippen LogP contribution in [0.3, 0.4) is 0 Å². The second-order valence-corrected chi connectivity index (χ2v) is 6.85. The summed E-state index contributed by atoms with van der Waals surface area (Å²) in [5, 5.41) is 11.7. The summed E-state index contributed by atoms with van der Waals surface area (Å²) in [6.07, 6.45) is 5.41. The van der Waals surface area contributed by atoms with E-state index in [0.29, 0.717) is 23.9 Å². The molecule has 0 amide bonds. The molecule has 0 spiro atoms. The highest BCUT2D eigenvalue weighted by Gasteiger charge is 2.11. The van der Waals surface area contributed by atoms with Gasteiger partial charge in [0.2, 0.25) is 0 Å². The molecule has 7 heteroatoms. The minimum Gasteiger partial charge on any atom is -0.359 e. The molecule has 0 aliphatic rings. The highest BCUT2D eigenvalue weighted by atomic mass is 35.5. The third-order valence-corrected chi connectivity index (χ3v) is 4.70. The lowest BCUT2D eigenvalue weighted by molar-refractivity contribution is -0.0387. The van der Waals surface area contributed by atoms with Gasteiger partial charge in [-0.15, -0.1) is 0 Å². The molecule has 0 N–H and O–H groups in total. The Kier molecular flexibility index (Phi) is 5.22. The molecule has 28 heavy (non-hydrogen) atoms. The van der Waals surface area contributed by atoms with Gasteiger partial charge in [-0.3, -0.25) is 4.98 Å². The largest absolute Gasteiger partial charge is 0.359 e. The molecule has 0 fully saturated rings. The molecule has 6 nitrogen and oxygen atoms in total. The van der Waals surface area contributed by atoms with Crippen LogP contribution in [0.4, 0.5) is 0 Å². The number of rotatable bonds is 6. The van der Waals surface area contributed by atoms with Crippen LogP contribution in [0.1, 0.15) is 16.8 Å². The first kappa shape index (κ1) is 18.4. The van der Waals surface area contributed by atoms with Gasteiger partial charge in [0.25, 0.3) is 0 Å². The number of hydrogen-bond donors (Lipinski definition) is 0. The van der Waals surface area contributed by atoms with Gasteiger partial charge in [0.15, 0.2) is 0 Å². The van der Waals surface area contributed by atoms with Gasteiger partial charge < -0.3 is 14.0 Å². The fraction of sp³-hybridized carbons (Fsp3) is 0.190. The molecule has 0 saturated carbocycles. The maximum absolute atomic E-state index is 9.18. The van der Waals surface area contributed by atoms with Crippen molar-refractivity contribution < 1.29 is 9.47 Å². The standard InChI is InChI=1S/C21H17ClN4O2/c1-27-13-28-12-16-11-26(21-9-24-18(7-23)6-19(16)21)10-14-2-3-20-15(4-14)5-17(22)8-25-20/h2-6,8-9,11H,10,12-13H2,1H3. The number of aromatic nitrogens is 3. The van der Waals surface area contributed by atoms with Crippen LogP contribution in [0.5, 0.6) is 0 Å². The van der Waals surface area contributed by atoms with E-state index in [9.17, 15) is 5.26 Å². The molecule has 0 bridgehead atoms. The summed E-state index contributed by atoms with van der Waals surface area (Å²) < 4.78 is 12.6. The van der Waals surface area contributed by atoms with Gasteiger partial charge in [-0.1, -0.05) is 17.7 Å². The summed E-state index contributed by atoms with van der Waals surface area (Å²) in [6, 6.07) is 11.9. The average molecular weight is 393 g/mol. The molecule has 0 atom stereocenters. The van der Waals surface area contributed by atoms with Gasteiger partial charge in [0.05, 0.1) is 28.9 Å². The number of fused-ring (bicyclic) bond motifs is 2. The highest BCUT2D eigenvalue weighted by Crippen LogP contribution is 2.25. The van der Waals surface area contributed by atoms with E-state index in [1.54, 1.807) is 25.6 Å². The molecule has 3 aromatic heterocycles. The summed E-state index contributed by atoms with van der Waals surface area (Å²) in [4.78, 5) is 8.56. The summed E-state index contributed by atoms with van der Waals surface area (Å²) >= 11 is 6.08. The van der Waals surface area contributed by atoms with Gasteiger partial charge in [0, 0.05) is 42.4 Å². The Morgan fingerprint density at radius 2 is 2.07 bits per heavy atom. The predicted octanol–water partition coefficient (Wildman–Crippen LogP) is 4.28. The Morgan fingerprint density at radius 1 is 1.18 bits per heavy atom. The van der Waals surface area contributed by atoms with Crippen molar-refractivity contribution in [2.24, 2.45) is 0 Å². The highest BCUT2D eigenvalue weighted by molar-refractivity contribution is 6.31. The Hall–Kier alpha value is -2.98. The monoisotopic (exact) mass is 392 g/mol. The summed E-state index contributed by atoms with van der Waals surface area (Å²) in [7, 11) is 1.59. The summed E-state index contributed by atoms with van der Waals surface area (Å²) in [5.74, 6) is 0. The lowest BCUT2D eigenvalue weighted by atomic mass is 10.1. The van der Waals surface area contributed by atoms with Crippen molar-refractivity contribution in [3.63, 3.8) is 0 Å². The Balaban J connectivity index is 1.72. The smallest absolute Gasteiger partial charge is 0.146 e. The fourth-order valence-corrected chi connectivity index (χ4v) is 3.42. The van der Waals surface area contributed by atoms with Crippen molar-refractivity contribution >= 4 is 33.4 Å². The zero-order chi connectivity index (χ0) is 19.5. The van der Waals surface area contributed by atoms with Gasteiger partial charge in [-0.05, 0) is 29.8 Å². The first-order chi connectivity index (χ1) is 13.7. The van der Waals surface area contributed by atoms with Gasteiger partial charge >= 0.3 is 0 Å². The average Bonchev–Trinajstić information content (AvgIpc) is 3.04. The molecular formula is C21H17ClN4O2. The lowest BCUT2D eigenvalue weighted by Gasteiger charge is -2.07. The third kappa shape index (κ3) is 3.69. The topological polar surface area (TPSA) is 73.0 Å². The second-order valence-electron chi connectivity index (χ2n) is 6.42. The molecule has 4 aromatic rings. The molecule has 1 aromatic carbocycles. The van der Waals surface area contributed by atoms with Crippen LogP contribution in [0.15, 0.2) is 48.9 Å². The number of benzene rings is 1. The van der Waals surface area contributed by atoms with Crippen molar-refractivity contribution in [3.05, 3.63) is 70.8 Å². The van der Waals surface area contributed by atoms with E-state index in [1.165, 1.54) is 0 Å². The van der Waals surface area contributed by atoms with E-state index >= 15 is 0 Å². The fourth-order valence-electron chi connectivity index (χ4n) is 3.25. The van der Waals surface area contributed by atoms with Gasteiger partial charge in [-0.25, -0.2) is 4.98 Å². The van der Waals surface area contributed by atoms with Crippen LogP contribution < -0.4 is 0 Å². The van der Waals surface area contributed by atoms with Crippen molar-refractivity contribution in [3.8, 4) is 6.07 Å². The minimum absolute atomic E-state index is 0.210. The molecule has 0 aliphatic heterocycles. The van der Waals surface area contributed by atoms with E-state index < -0.39 is 0 Å². The maximum atomic E-state index is 9.18. The lowest BCUT2D eigenvalue weighted by Crippen LogP contribution is -1.99. The minimum atomic E-state index is 0.210. The molecule has 0 radical (unpaired) electrons. The SMILES string of the molecule is COCOCc1cn(Cc2ccc3ncc(Cl)cc3c2)c2cnc(C#N)cc12. The first-order valence-electron chi connectivity index (χ1n) is 8.66. The summed E-state index contributed by atoms with van der Waals surface area (Å²) in [5.41, 5.74) is 4.32. The van der Waals surface area contributed by atoms with Crippen LogP contribution in [0, 0.1) is 11.3 Å². The number of halogens is 1. The predicted molar refractivity (Wildman–Crippen MR) is 107 cm³/mol. The molecule has 0 aliphatic carbocycles. The van der Waals surface area contributed by atoms with Crippen LogP contribution in [0.2, 0.25) is 5.02 Å². The zero-order valence-corrected chi connectivity index (χ0v) is 16.0. The first-order valence-corrected chi connectivity index (χ1v) is 9.04. The van der Waals surface area contributed by atoms with E-state index in [2.05, 4.69) is 26.7 Å². The third-order valence-electron chi connectivity index (χ3n) is 4.49. The number of nitriles is 1. The quantitative estimate of drug-likeness (QED) is 0.361. The van der Waals surface area contributed by atoms with Gasteiger partial charge in [0.1, 0.15) is 18.6 Å². The van der Waals surface area contributed by atoms with Crippen molar-refractivity contribution in [1.29, 1.82) is 5.26 Å². The van der Waals surface area contributed by atoms with E-state index in [4.69, 9.17) is 21.1 Å². The number of pyridine rings is 2. The van der Waals surface area contributed by atoms with Crippen molar-refractivity contribution in [2.75, 3.05) is 13.9 Å². The summed E-state index contributed by atoms with van der Waals surface area (Å²) in [6.45, 7) is 1.25. The zero-order valence-electron chi connectivity index (χ0n) is 15.2. The van der Waals surface area contributed by atoms with Crippen molar-refractivity contribution in [2.45, 2.75) is 13.2 Å². The Labute approximate surface area is 166 Å². The number of methoxy groups -OCH3 is 1. The molecular weight excluding hydrogens is 376 g/mol. The van der Waals surface area contributed by atoms with E-state index in [0.717, 1.165) is 32.9 Å². The maximum Gasteiger partial charge on any atom is 0.146 e. The molecule has 0 unspecified atom stereocenters. The van der Waals surface area contributed by atoms with Crippen LogP contribution in [-0.2, 0) is 22.6 Å². The molecule has 4 rings (SSSR count). The van der Waals surface area contributed by atoms with Gasteiger partial charge in [-0.2, -0.15) is 5.26 Å². The van der Waals surface area contributed by atoms with Crippen LogP contribution in [-0.4, -0.2) is 28.4 Å². The van der Waals surface area contributed by atoms with Crippen molar-refractivity contribution in [1.82, 2.24) is 14.5 Å². The van der Waals surface area contributed by atoms with Crippen LogP contribution in [0.25, 0.3) is 21.8 Å². The van der Waals surface area contributed by atoms with E-state index in [-0.39, 0.29) is 6.79 Å². The molecule has 0 saturated heterocycles. The Morgan fingerprint density at radius 3 is 2.89 bits per heavy atom. The number of ether oxygens (including phenoxy) is 2. The normalized spacial score (nSPS) is 11.2. The number of hydrogen-bond acceptors (Lipinski definition) is 5. The van der Waals surface area contributed by atoms with Crippen LogP contribution >= 0.6 is 11.6 Å². The second kappa shape index (κ2) is 7.95. The molecule has 140 valence electrons. The van der Waals surface area contributed by atoms with E-state index in [1.807, 2.05) is 24.4 Å². The number of nitrogens with zero attached hydrogens (tertiary/aromatic N) is 4.